The summed E-state index contributed by atoms with van der Waals surface area (Å²) in [7, 11) is 2.94. The van der Waals surface area contributed by atoms with Crippen molar-refractivity contribution in [2.75, 3.05) is 14.2 Å². The number of carbonyl (C=O) groups is 3. The molecule has 7 nitrogen and oxygen atoms in total. The van der Waals surface area contributed by atoms with Gasteiger partial charge in [-0.1, -0.05) is 121 Å². The zero-order valence-electron chi connectivity index (χ0n) is 28.2. The van der Waals surface area contributed by atoms with Crippen LogP contribution in [0.2, 0.25) is 0 Å². The highest BCUT2D eigenvalue weighted by molar-refractivity contribution is 6.10. The Morgan fingerprint density at radius 2 is 1.07 bits per heavy atom. The highest BCUT2D eigenvalue weighted by Crippen LogP contribution is 2.29. The molecule has 2 aromatic rings. The zero-order valence-corrected chi connectivity index (χ0v) is 28.2. The van der Waals surface area contributed by atoms with Gasteiger partial charge in [0.15, 0.2) is 34.6 Å². The number of hydrogen-bond acceptors (Lipinski definition) is 7. The average molecular weight is 635 g/mol. The molecule has 2 rings (SSSR count). The molecule has 0 amide bonds. The second-order valence-electron chi connectivity index (χ2n) is 11.8. The first kappa shape index (κ1) is 38.3. The number of phenolic OH excluding ortho intramolecular Hbond substituents is 1. The van der Waals surface area contributed by atoms with Gasteiger partial charge >= 0.3 is 5.97 Å². The molecule has 0 radical (unpaired) electrons. The molecule has 0 aliphatic heterocycles. The first-order chi connectivity index (χ1) is 22.4. The van der Waals surface area contributed by atoms with Crippen molar-refractivity contribution in [1.82, 2.24) is 0 Å². The smallest absolute Gasteiger partial charge is 0.311 e. The number of aromatic hydroxyl groups is 1. The number of phenols is 1. The number of esters is 1. The molecule has 0 spiro atoms. The minimum atomic E-state index is -0.351. The Kier molecular flexibility index (Phi) is 19.5. The number of carbonyl (C=O) groups excluding carboxylic acids is 3. The van der Waals surface area contributed by atoms with Crippen LogP contribution in [0.3, 0.4) is 0 Å². The predicted molar refractivity (Wildman–Crippen MR) is 186 cm³/mol. The lowest BCUT2D eigenvalue weighted by molar-refractivity contribution is -0.134. The molecular formula is C39H54O7. The van der Waals surface area contributed by atoms with E-state index in [-0.39, 0.29) is 29.7 Å². The van der Waals surface area contributed by atoms with Crippen molar-refractivity contribution < 1.29 is 33.7 Å². The monoisotopic (exact) mass is 634 g/mol. The van der Waals surface area contributed by atoms with E-state index in [0.717, 1.165) is 19.3 Å². The Hall–Kier alpha value is -3.87. The molecule has 0 bridgehead atoms. The molecule has 0 aliphatic rings. The van der Waals surface area contributed by atoms with Gasteiger partial charge in [-0.05, 0) is 54.0 Å². The van der Waals surface area contributed by atoms with E-state index in [1.807, 2.05) is 0 Å². The fourth-order valence-electron chi connectivity index (χ4n) is 5.15. The van der Waals surface area contributed by atoms with Crippen molar-refractivity contribution in [3.63, 3.8) is 0 Å². The minimum Gasteiger partial charge on any atom is -0.504 e. The van der Waals surface area contributed by atoms with Crippen molar-refractivity contribution in [3.8, 4) is 23.0 Å². The van der Waals surface area contributed by atoms with Gasteiger partial charge in [0, 0.05) is 6.42 Å². The van der Waals surface area contributed by atoms with Crippen molar-refractivity contribution in [2.45, 2.75) is 116 Å². The van der Waals surface area contributed by atoms with Crippen molar-refractivity contribution in [3.05, 3.63) is 59.7 Å². The number of allylic oxidation sites excluding steroid dienone is 2. The van der Waals surface area contributed by atoms with E-state index in [1.54, 1.807) is 42.5 Å². The van der Waals surface area contributed by atoms with Gasteiger partial charge in [-0.15, -0.1) is 0 Å². The maximum Gasteiger partial charge on any atom is 0.311 e. The van der Waals surface area contributed by atoms with Gasteiger partial charge in [0.25, 0.3) is 0 Å². The second kappa shape index (κ2) is 23.5. The standard InChI is InChI=1S/C39H54O7/c1-4-5-6-7-8-9-10-11-12-13-14-15-16-17-18-19-39(43)46-36-27-23-32(29-38(36)45-3)21-25-34(41)30-33(40)24-20-31-22-26-35(42)37(28-31)44-2/h20-29,42H,4-19,30H2,1-3H3/b24-20+,25-21+. The molecule has 0 atom stereocenters. The van der Waals surface area contributed by atoms with Gasteiger partial charge in [-0.2, -0.15) is 0 Å². The van der Waals surface area contributed by atoms with E-state index in [2.05, 4.69) is 6.92 Å². The second-order valence-corrected chi connectivity index (χ2v) is 11.8. The fraction of sp³-hybridized carbons (Fsp3) is 0.513. The van der Waals surface area contributed by atoms with Crippen LogP contribution in [0.4, 0.5) is 0 Å². The molecule has 1 N–H and O–H groups in total. The Morgan fingerprint density at radius 3 is 1.57 bits per heavy atom. The molecule has 0 fully saturated rings. The van der Waals surface area contributed by atoms with E-state index in [0.29, 0.717) is 34.8 Å². The third kappa shape index (κ3) is 16.4. The molecular weight excluding hydrogens is 580 g/mol. The van der Waals surface area contributed by atoms with Gasteiger partial charge < -0.3 is 19.3 Å². The summed E-state index contributed by atoms with van der Waals surface area (Å²) in [5, 5.41) is 9.68. The van der Waals surface area contributed by atoms with Gasteiger partial charge in [0.2, 0.25) is 0 Å². The quantitative estimate of drug-likeness (QED) is 0.0381. The van der Waals surface area contributed by atoms with Crippen LogP contribution in [0, 0.1) is 0 Å². The van der Waals surface area contributed by atoms with Crippen molar-refractivity contribution in [2.24, 2.45) is 0 Å². The molecule has 46 heavy (non-hydrogen) atoms. The van der Waals surface area contributed by atoms with E-state index in [1.165, 1.54) is 109 Å². The molecule has 0 aromatic heterocycles. The minimum absolute atomic E-state index is 0.00419. The number of rotatable bonds is 25. The van der Waals surface area contributed by atoms with Crippen LogP contribution in [0.1, 0.15) is 127 Å². The molecule has 0 aliphatic carbocycles. The molecule has 0 heterocycles. The summed E-state index contributed by atoms with van der Waals surface area (Å²) >= 11 is 0. The maximum absolute atomic E-state index is 12.4. The van der Waals surface area contributed by atoms with Crippen LogP contribution in [0.25, 0.3) is 12.2 Å². The van der Waals surface area contributed by atoms with Crippen LogP contribution in [0.5, 0.6) is 23.0 Å². The van der Waals surface area contributed by atoms with Crippen LogP contribution in [0.15, 0.2) is 48.6 Å². The topological polar surface area (TPSA) is 99.1 Å². The lowest BCUT2D eigenvalue weighted by atomic mass is 10.0. The van der Waals surface area contributed by atoms with Crippen LogP contribution < -0.4 is 14.2 Å². The van der Waals surface area contributed by atoms with Gasteiger partial charge in [0.05, 0.1) is 20.6 Å². The number of benzene rings is 2. The fourth-order valence-corrected chi connectivity index (χ4v) is 5.15. The predicted octanol–water partition coefficient (Wildman–Crippen LogP) is 9.83. The van der Waals surface area contributed by atoms with Gasteiger partial charge in [-0.25, -0.2) is 0 Å². The van der Waals surface area contributed by atoms with E-state index < -0.39 is 0 Å². The largest absolute Gasteiger partial charge is 0.504 e. The summed E-state index contributed by atoms with van der Waals surface area (Å²) in [6, 6.07) is 9.75. The molecule has 0 saturated heterocycles. The normalized spacial score (nSPS) is 11.3. The van der Waals surface area contributed by atoms with Crippen LogP contribution in [-0.4, -0.2) is 36.9 Å². The Bertz CT molecular complexity index is 1260. The van der Waals surface area contributed by atoms with E-state index in [4.69, 9.17) is 14.2 Å². The molecule has 0 unspecified atom stereocenters. The van der Waals surface area contributed by atoms with E-state index >= 15 is 0 Å². The summed E-state index contributed by atoms with van der Waals surface area (Å²) in [5.41, 5.74) is 1.33. The number of methoxy groups -OCH3 is 2. The Labute approximate surface area is 276 Å². The highest BCUT2D eigenvalue weighted by Gasteiger charge is 2.11. The third-order valence-electron chi connectivity index (χ3n) is 7.87. The maximum atomic E-state index is 12.4. The van der Waals surface area contributed by atoms with Gasteiger partial charge in [-0.3, -0.25) is 14.4 Å². The van der Waals surface area contributed by atoms with Crippen LogP contribution >= 0.6 is 0 Å². The lowest BCUT2D eigenvalue weighted by Crippen LogP contribution is -2.08. The Morgan fingerprint density at radius 1 is 0.609 bits per heavy atom. The first-order valence-corrected chi connectivity index (χ1v) is 17.0. The van der Waals surface area contributed by atoms with Gasteiger partial charge in [0.1, 0.15) is 0 Å². The molecule has 7 heteroatoms. The summed E-state index contributed by atoms with van der Waals surface area (Å²) in [5.74, 6) is 0.0377. The number of unbranched alkanes of at least 4 members (excludes halogenated alkanes) is 14. The SMILES string of the molecule is CCCCCCCCCCCCCCCCCC(=O)Oc1ccc(/C=C/C(=O)CC(=O)/C=C/c2ccc(O)c(OC)c2)cc1OC. The van der Waals surface area contributed by atoms with Crippen molar-refractivity contribution in [1.29, 1.82) is 0 Å². The summed E-state index contributed by atoms with van der Waals surface area (Å²) < 4.78 is 16.0. The number of ketones is 2. The third-order valence-corrected chi connectivity index (χ3v) is 7.87. The lowest BCUT2D eigenvalue weighted by Gasteiger charge is -2.10. The first-order valence-electron chi connectivity index (χ1n) is 17.0. The number of hydrogen-bond donors (Lipinski definition) is 1. The van der Waals surface area contributed by atoms with Crippen LogP contribution in [-0.2, 0) is 14.4 Å². The average Bonchev–Trinajstić information content (AvgIpc) is 3.05. The van der Waals surface area contributed by atoms with E-state index in [9.17, 15) is 19.5 Å². The number of ether oxygens (including phenoxy) is 3. The molecule has 0 saturated carbocycles. The molecule has 2 aromatic carbocycles. The highest BCUT2D eigenvalue weighted by atomic mass is 16.6. The van der Waals surface area contributed by atoms with Crippen molar-refractivity contribution >= 4 is 29.7 Å². The summed E-state index contributed by atoms with van der Waals surface area (Å²) in [6.45, 7) is 2.26. The Balaban J connectivity index is 1.64. The summed E-state index contributed by atoms with van der Waals surface area (Å²) in [6.07, 6.45) is 25.0. The summed E-state index contributed by atoms with van der Waals surface area (Å²) in [4.78, 5) is 37.0. The molecule has 252 valence electrons. The zero-order chi connectivity index (χ0) is 33.4.